The molecule has 3 rings (SSSR count). The van der Waals surface area contributed by atoms with E-state index in [1.807, 2.05) is 4.90 Å². The summed E-state index contributed by atoms with van der Waals surface area (Å²) in [5, 5.41) is 3.72. The van der Waals surface area contributed by atoms with E-state index in [1.165, 1.54) is 25.0 Å². The number of hydrogen-bond acceptors (Lipinski definition) is 3. The van der Waals surface area contributed by atoms with Gasteiger partial charge in [-0.1, -0.05) is 17.7 Å². The average Bonchev–Trinajstić information content (AvgIpc) is 3.35. The minimum atomic E-state index is -0.312. The molecule has 1 aliphatic heterocycles. The van der Waals surface area contributed by atoms with Crippen LogP contribution in [0.5, 0.6) is 0 Å². The fourth-order valence-corrected chi connectivity index (χ4v) is 3.09. The van der Waals surface area contributed by atoms with Crippen molar-refractivity contribution in [1.82, 2.24) is 15.1 Å². The lowest BCUT2D eigenvalue weighted by Gasteiger charge is -2.35. The monoisotopic (exact) mass is 339 g/mol. The maximum absolute atomic E-state index is 13.1. The number of carbonyl (C=O) groups is 1. The van der Waals surface area contributed by atoms with Crippen molar-refractivity contribution < 1.29 is 9.18 Å². The number of benzene rings is 1. The number of rotatable bonds is 6. The Balaban J connectivity index is 1.41. The third kappa shape index (κ3) is 4.90. The summed E-state index contributed by atoms with van der Waals surface area (Å²) in [6, 6.07) is 4.52. The van der Waals surface area contributed by atoms with Gasteiger partial charge in [0.25, 0.3) is 0 Å². The number of nitrogens with zero attached hydrogens (tertiary/aromatic N) is 2. The largest absolute Gasteiger partial charge is 0.339 e. The molecule has 0 radical (unpaired) electrons. The lowest BCUT2D eigenvalue weighted by Crippen LogP contribution is -2.50. The zero-order valence-electron chi connectivity index (χ0n) is 13.2. The fourth-order valence-electron chi connectivity index (χ4n) is 2.86. The van der Waals surface area contributed by atoms with E-state index < -0.39 is 0 Å². The molecule has 6 heteroatoms. The van der Waals surface area contributed by atoms with Gasteiger partial charge < -0.3 is 10.2 Å². The van der Waals surface area contributed by atoms with Crippen LogP contribution in [0, 0.1) is 11.7 Å². The van der Waals surface area contributed by atoms with Crippen LogP contribution in [0.4, 0.5) is 4.39 Å². The van der Waals surface area contributed by atoms with Gasteiger partial charge in [0.1, 0.15) is 5.82 Å². The average molecular weight is 340 g/mol. The summed E-state index contributed by atoms with van der Waals surface area (Å²) in [5.74, 6) is 0.665. The summed E-state index contributed by atoms with van der Waals surface area (Å²) < 4.78 is 13.1. The van der Waals surface area contributed by atoms with Crippen LogP contribution >= 0.6 is 11.6 Å². The normalized spacial score (nSPS) is 19.1. The second-order valence-electron chi connectivity index (χ2n) is 6.47. The minimum absolute atomic E-state index is 0.185. The molecule has 1 N–H and O–H groups in total. The maximum Gasteiger partial charge on any atom is 0.236 e. The molecule has 1 aromatic carbocycles. The van der Waals surface area contributed by atoms with E-state index in [2.05, 4.69) is 10.2 Å². The summed E-state index contributed by atoms with van der Waals surface area (Å²) in [6.45, 7) is 5.23. The molecule has 1 aliphatic carbocycles. The zero-order chi connectivity index (χ0) is 16.2. The fraction of sp³-hybridized carbons (Fsp3) is 0.588. The second-order valence-corrected chi connectivity index (χ2v) is 6.87. The van der Waals surface area contributed by atoms with Gasteiger partial charge in [0.05, 0.1) is 6.54 Å². The van der Waals surface area contributed by atoms with Gasteiger partial charge in [0.2, 0.25) is 5.91 Å². The standard InChI is InChI=1S/C17H23ClFN3O/c18-16-9-15(19)4-3-14(16)12-21-5-7-22(8-6-21)17(23)11-20-10-13-1-2-13/h3-4,9,13,20H,1-2,5-8,10-12H2. The van der Waals surface area contributed by atoms with Crippen LogP contribution in [0.25, 0.3) is 0 Å². The van der Waals surface area contributed by atoms with Crippen molar-refractivity contribution in [1.29, 1.82) is 0 Å². The summed E-state index contributed by atoms with van der Waals surface area (Å²) in [5.41, 5.74) is 0.930. The Morgan fingerprint density at radius 2 is 2.00 bits per heavy atom. The minimum Gasteiger partial charge on any atom is -0.339 e. The lowest BCUT2D eigenvalue weighted by molar-refractivity contribution is -0.132. The van der Waals surface area contributed by atoms with Crippen molar-refractivity contribution in [3.05, 3.63) is 34.6 Å². The van der Waals surface area contributed by atoms with Gasteiger partial charge in [-0.2, -0.15) is 0 Å². The van der Waals surface area contributed by atoms with Gasteiger partial charge in [-0.15, -0.1) is 0 Å². The lowest BCUT2D eigenvalue weighted by atomic mass is 10.2. The quantitative estimate of drug-likeness (QED) is 0.862. The molecule has 0 unspecified atom stereocenters. The van der Waals surface area contributed by atoms with Gasteiger partial charge in [-0.05, 0) is 43.0 Å². The van der Waals surface area contributed by atoms with E-state index >= 15 is 0 Å². The van der Waals surface area contributed by atoms with Crippen LogP contribution in [0.1, 0.15) is 18.4 Å². The van der Waals surface area contributed by atoms with Crippen molar-refractivity contribution in [2.75, 3.05) is 39.3 Å². The molecule has 1 heterocycles. The molecule has 1 amide bonds. The third-order valence-electron chi connectivity index (χ3n) is 4.54. The van der Waals surface area contributed by atoms with Gasteiger partial charge in [0.15, 0.2) is 0 Å². The molecule has 23 heavy (non-hydrogen) atoms. The predicted octanol–water partition coefficient (Wildman–Crippen LogP) is 2.12. The maximum atomic E-state index is 13.1. The van der Waals surface area contributed by atoms with Gasteiger partial charge in [-0.25, -0.2) is 4.39 Å². The Kier molecular flexibility index (Phi) is 5.51. The summed E-state index contributed by atoms with van der Waals surface area (Å²) in [4.78, 5) is 16.3. The highest BCUT2D eigenvalue weighted by Crippen LogP contribution is 2.27. The summed E-state index contributed by atoms with van der Waals surface area (Å²) >= 11 is 6.08. The molecule has 0 aromatic heterocycles. The smallest absolute Gasteiger partial charge is 0.236 e. The number of carbonyl (C=O) groups excluding carboxylic acids is 1. The van der Waals surface area contributed by atoms with Crippen LogP contribution in [0.2, 0.25) is 5.02 Å². The van der Waals surface area contributed by atoms with E-state index in [4.69, 9.17) is 11.6 Å². The van der Waals surface area contributed by atoms with E-state index in [0.29, 0.717) is 18.1 Å². The number of amides is 1. The van der Waals surface area contributed by atoms with E-state index in [9.17, 15) is 9.18 Å². The highest BCUT2D eigenvalue weighted by atomic mass is 35.5. The first-order chi connectivity index (χ1) is 11.1. The van der Waals surface area contributed by atoms with Crippen molar-refractivity contribution >= 4 is 17.5 Å². The molecular weight excluding hydrogens is 317 g/mol. The van der Waals surface area contributed by atoms with Gasteiger partial charge >= 0.3 is 0 Å². The number of hydrogen-bond donors (Lipinski definition) is 1. The predicted molar refractivity (Wildman–Crippen MR) is 88.9 cm³/mol. The zero-order valence-corrected chi connectivity index (χ0v) is 14.0. The van der Waals surface area contributed by atoms with Crippen molar-refractivity contribution in [3.63, 3.8) is 0 Å². The molecule has 2 aliphatic rings. The number of piperazine rings is 1. The molecule has 1 saturated heterocycles. The molecule has 1 aromatic rings. The Bertz CT molecular complexity index is 557. The molecular formula is C17H23ClFN3O. The van der Waals surface area contributed by atoms with E-state index in [0.717, 1.165) is 44.2 Å². The van der Waals surface area contributed by atoms with Gasteiger partial charge in [-0.3, -0.25) is 9.69 Å². The van der Waals surface area contributed by atoms with Crippen LogP contribution in [-0.4, -0.2) is 55.0 Å². The van der Waals surface area contributed by atoms with Crippen molar-refractivity contribution in [3.8, 4) is 0 Å². The van der Waals surface area contributed by atoms with Crippen LogP contribution in [0.15, 0.2) is 18.2 Å². The molecule has 0 spiro atoms. The molecule has 0 atom stereocenters. The molecule has 1 saturated carbocycles. The first kappa shape index (κ1) is 16.7. The SMILES string of the molecule is O=C(CNCC1CC1)N1CCN(Cc2ccc(F)cc2Cl)CC1. The summed E-state index contributed by atoms with van der Waals surface area (Å²) in [6.07, 6.45) is 2.59. The third-order valence-corrected chi connectivity index (χ3v) is 4.89. The molecule has 126 valence electrons. The Morgan fingerprint density at radius 3 is 2.65 bits per heavy atom. The van der Waals surface area contributed by atoms with Crippen LogP contribution in [0.3, 0.4) is 0 Å². The number of nitrogens with one attached hydrogen (secondary N) is 1. The molecule has 4 nitrogen and oxygen atoms in total. The Morgan fingerprint density at radius 1 is 1.26 bits per heavy atom. The first-order valence-electron chi connectivity index (χ1n) is 8.26. The number of halogens is 2. The van der Waals surface area contributed by atoms with Crippen LogP contribution in [-0.2, 0) is 11.3 Å². The van der Waals surface area contributed by atoms with Crippen molar-refractivity contribution in [2.24, 2.45) is 5.92 Å². The van der Waals surface area contributed by atoms with E-state index in [-0.39, 0.29) is 11.7 Å². The van der Waals surface area contributed by atoms with Gasteiger partial charge in [0, 0.05) is 37.7 Å². The second kappa shape index (κ2) is 7.60. The Labute approximate surface area is 141 Å². The van der Waals surface area contributed by atoms with Crippen LogP contribution < -0.4 is 5.32 Å². The summed E-state index contributed by atoms with van der Waals surface area (Å²) in [7, 11) is 0. The topological polar surface area (TPSA) is 35.6 Å². The molecule has 2 fully saturated rings. The van der Waals surface area contributed by atoms with Crippen molar-refractivity contribution in [2.45, 2.75) is 19.4 Å². The highest BCUT2D eigenvalue weighted by Gasteiger charge is 2.23. The Hall–Kier alpha value is -1.17. The first-order valence-corrected chi connectivity index (χ1v) is 8.64. The van der Waals surface area contributed by atoms with E-state index in [1.54, 1.807) is 6.07 Å². The molecule has 0 bridgehead atoms. The highest BCUT2D eigenvalue weighted by molar-refractivity contribution is 6.31.